The summed E-state index contributed by atoms with van der Waals surface area (Å²) < 4.78 is 51.9. The van der Waals surface area contributed by atoms with Crippen molar-refractivity contribution in [1.82, 2.24) is 0 Å². The highest BCUT2D eigenvalue weighted by Crippen LogP contribution is 2.46. The maximum atomic E-state index is 14.6. The minimum Gasteiger partial charge on any atom is -0.497 e. The number of carbonyl (C=O) groups excluding carboxylic acids is 3. The van der Waals surface area contributed by atoms with Crippen LogP contribution in [0.4, 0.5) is 5.69 Å². The van der Waals surface area contributed by atoms with Gasteiger partial charge in [-0.3, -0.25) is 9.59 Å². The van der Waals surface area contributed by atoms with Gasteiger partial charge in [-0.05, 0) is 81.9 Å². The lowest BCUT2D eigenvalue weighted by Gasteiger charge is -2.24. The number of allylic oxidation sites excluding steroid dienone is 2. The first kappa shape index (κ1) is 45.5. The largest absolute Gasteiger partial charge is 0.497 e. The van der Waals surface area contributed by atoms with Gasteiger partial charge in [-0.1, -0.05) is 42.9 Å². The number of ether oxygens (including phenoxy) is 9. The summed E-state index contributed by atoms with van der Waals surface area (Å²) in [6, 6.07) is 10.9. The molecule has 58 heavy (non-hydrogen) atoms. The van der Waals surface area contributed by atoms with Gasteiger partial charge in [-0.15, -0.1) is 0 Å². The van der Waals surface area contributed by atoms with Gasteiger partial charge >= 0.3 is 5.97 Å². The van der Waals surface area contributed by atoms with E-state index in [1.54, 1.807) is 26.2 Å². The second kappa shape index (κ2) is 22.7. The number of benzene rings is 3. The molecule has 0 radical (unpaired) electrons. The van der Waals surface area contributed by atoms with Gasteiger partial charge in [-0.2, -0.15) is 0 Å². The van der Waals surface area contributed by atoms with Gasteiger partial charge in [0.1, 0.15) is 29.5 Å². The Balaban J connectivity index is 1.87. The molecule has 0 fully saturated rings. The summed E-state index contributed by atoms with van der Waals surface area (Å²) >= 11 is 0. The standard InChI is InChI=1S/C45H57NO12/c1-10-31-14-18-36(47)42-41-34(22-30(5)43(42)56-26-51-7)44(57-27-52-8)35(23-39(41)55-25-50-6)46-40(48)20-11-29(4)45(49)58-37(19-15-31)38(21-28(2)3)54-24-32-12-16-33(53-9)17-13-32/h11-13,15-17,19,21-23,31,37-38H,10,14,18,20,24-27H2,1-9H3,(H,46,48)/b19-15+,29-11+/t31-,37+,38+/m1/s1. The average molecular weight is 804 g/mol. The first-order chi connectivity index (χ1) is 27.9. The quantitative estimate of drug-likeness (QED) is 0.0843. The minimum atomic E-state index is -0.841. The highest BCUT2D eigenvalue weighted by molar-refractivity contribution is 6.16. The summed E-state index contributed by atoms with van der Waals surface area (Å²) in [6.45, 7) is 9.17. The van der Waals surface area contributed by atoms with Crippen LogP contribution in [0.5, 0.6) is 23.0 Å². The number of hydrogen-bond donors (Lipinski definition) is 1. The van der Waals surface area contributed by atoms with Crippen LogP contribution in [-0.2, 0) is 39.9 Å². The third-order valence-electron chi connectivity index (χ3n) is 9.43. The van der Waals surface area contributed by atoms with E-state index in [-0.39, 0.29) is 79.9 Å². The summed E-state index contributed by atoms with van der Waals surface area (Å²) in [6.07, 6.45) is 6.83. The lowest BCUT2D eigenvalue weighted by molar-refractivity contribution is -0.147. The predicted octanol–water partition coefficient (Wildman–Crippen LogP) is 8.40. The molecule has 13 nitrogen and oxygen atoms in total. The van der Waals surface area contributed by atoms with Crippen molar-refractivity contribution in [2.75, 3.05) is 54.1 Å². The molecule has 2 heterocycles. The number of aryl methyl sites for hydroxylation is 1. The third kappa shape index (κ3) is 12.4. The van der Waals surface area contributed by atoms with Crippen LogP contribution in [0.3, 0.4) is 0 Å². The van der Waals surface area contributed by atoms with Gasteiger partial charge in [0.15, 0.2) is 31.9 Å². The van der Waals surface area contributed by atoms with Crippen molar-refractivity contribution < 1.29 is 57.0 Å². The molecule has 0 saturated carbocycles. The molecule has 3 atom stereocenters. The zero-order valence-corrected chi connectivity index (χ0v) is 35.1. The van der Waals surface area contributed by atoms with Gasteiger partial charge < -0.3 is 47.9 Å². The van der Waals surface area contributed by atoms with Crippen LogP contribution in [0.25, 0.3) is 10.8 Å². The normalized spacial score (nSPS) is 18.6. The molecule has 1 N–H and O–H groups in total. The third-order valence-corrected chi connectivity index (χ3v) is 9.43. The Morgan fingerprint density at radius 1 is 0.897 bits per heavy atom. The number of rotatable bonds is 16. The van der Waals surface area contributed by atoms with Crippen molar-refractivity contribution in [3.63, 3.8) is 0 Å². The van der Waals surface area contributed by atoms with E-state index >= 15 is 0 Å². The molecular formula is C45H57NO12. The number of esters is 1. The Bertz CT molecular complexity index is 1960. The summed E-state index contributed by atoms with van der Waals surface area (Å²) in [7, 11) is 6.07. The number of anilines is 1. The zero-order valence-electron chi connectivity index (χ0n) is 35.1. The fraction of sp³-hybridized carbons (Fsp3) is 0.444. The molecule has 0 spiro atoms. The number of Topliss-reactive ketones (excluding diaryl/α,β-unsaturated/α-hetero) is 1. The highest BCUT2D eigenvalue weighted by atomic mass is 16.7. The summed E-state index contributed by atoms with van der Waals surface area (Å²) in [5.41, 5.74) is 3.27. The second-order valence-electron chi connectivity index (χ2n) is 14.1. The summed E-state index contributed by atoms with van der Waals surface area (Å²) in [4.78, 5) is 41.9. The Labute approximate surface area is 341 Å². The number of fused-ring (bicyclic) bond motifs is 12. The van der Waals surface area contributed by atoms with E-state index in [1.807, 2.05) is 70.2 Å². The number of nitrogens with one attached hydrogen (secondary N) is 1. The second-order valence-corrected chi connectivity index (χ2v) is 14.1. The van der Waals surface area contributed by atoms with Crippen LogP contribution in [0.2, 0.25) is 0 Å². The van der Waals surface area contributed by atoms with Crippen molar-refractivity contribution in [1.29, 1.82) is 0 Å². The molecule has 4 bridgehead atoms. The van der Waals surface area contributed by atoms with Gasteiger partial charge in [0.2, 0.25) is 5.91 Å². The number of carbonyl (C=O) groups is 3. The Hall–Kier alpha value is -5.21. The van der Waals surface area contributed by atoms with Crippen molar-refractivity contribution >= 4 is 34.1 Å². The van der Waals surface area contributed by atoms with Crippen molar-refractivity contribution in [2.24, 2.45) is 5.92 Å². The molecular weight excluding hydrogens is 746 g/mol. The van der Waals surface area contributed by atoms with Crippen LogP contribution < -0.4 is 24.3 Å². The van der Waals surface area contributed by atoms with E-state index in [2.05, 4.69) is 5.32 Å². The maximum Gasteiger partial charge on any atom is 0.334 e. The van der Waals surface area contributed by atoms with Crippen molar-refractivity contribution in [3.05, 3.63) is 88.5 Å². The Kier molecular flexibility index (Phi) is 17.8. The first-order valence-corrected chi connectivity index (χ1v) is 19.2. The molecule has 1 amide bonds. The van der Waals surface area contributed by atoms with Gasteiger partial charge in [-0.25, -0.2) is 4.79 Å². The maximum absolute atomic E-state index is 14.6. The summed E-state index contributed by atoms with van der Waals surface area (Å²) in [5.74, 6) is 0.195. The average Bonchev–Trinajstić information content (AvgIpc) is 3.21. The molecule has 0 aliphatic carbocycles. The van der Waals surface area contributed by atoms with Crippen LogP contribution >= 0.6 is 0 Å². The molecule has 314 valence electrons. The molecule has 0 aromatic heterocycles. The van der Waals surface area contributed by atoms with Crippen LogP contribution in [0.15, 0.2) is 71.8 Å². The molecule has 5 rings (SSSR count). The van der Waals surface area contributed by atoms with E-state index in [1.165, 1.54) is 27.4 Å². The van der Waals surface area contributed by atoms with Gasteiger partial charge in [0.05, 0.1) is 25.0 Å². The number of methoxy groups -OCH3 is 4. The number of hydrogen-bond acceptors (Lipinski definition) is 12. The van der Waals surface area contributed by atoms with E-state index < -0.39 is 24.1 Å². The zero-order chi connectivity index (χ0) is 42.2. The fourth-order valence-corrected chi connectivity index (χ4v) is 6.41. The Morgan fingerprint density at radius 2 is 1.57 bits per heavy atom. The monoisotopic (exact) mass is 803 g/mol. The molecule has 3 aromatic carbocycles. The highest BCUT2D eigenvalue weighted by Gasteiger charge is 2.28. The van der Waals surface area contributed by atoms with E-state index in [4.69, 9.17) is 42.6 Å². The summed E-state index contributed by atoms with van der Waals surface area (Å²) in [5, 5.41) is 3.80. The van der Waals surface area contributed by atoms with Crippen molar-refractivity contribution in [2.45, 2.75) is 79.1 Å². The molecule has 0 saturated heterocycles. The van der Waals surface area contributed by atoms with Crippen LogP contribution in [-0.4, -0.2) is 78.7 Å². The SMILES string of the molecule is CC[C@H]1/C=C/[C@@H]([C@H](C=C(C)C)OCc2ccc(OC)cc2)OC(=O)/C(C)=C/CC(=O)Nc2cc(OCOC)c3c(c(OCOC)c(C)cc3c2OCOC)C(=O)CC1. The van der Waals surface area contributed by atoms with E-state index in [0.717, 1.165) is 16.9 Å². The van der Waals surface area contributed by atoms with Gasteiger partial charge in [0, 0.05) is 56.6 Å². The van der Waals surface area contributed by atoms with Crippen molar-refractivity contribution in [3.8, 4) is 23.0 Å². The smallest absolute Gasteiger partial charge is 0.334 e. The molecule has 2 aliphatic heterocycles. The fourth-order valence-electron chi connectivity index (χ4n) is 6.41. The number of amides is 1. The minimum absolute atomic E-state index is 0.0875. The molecule has 0 unspecified atom stereocenters. The molecule has 13 heteroatoms. The van der Waals surface area contributed by atoms with E-state index in [9.17, 15) is 14.4 Å². The first-order valence-electron chi connectivity index (χ1n) is 19.2. The predicted molar refractivity (Wildman–Crippen MR) is 221 cm³/mol. The molecule has 3 aromatic rings. The number of ketones is 1. The van der Waals surface area contributed by atoms with Crippen LogP contribution in [0, 0.1) is 12.8 Å². The van der Waals surface area contributed by atoms with Gasteiger partial charge in [0.25, 0.3) is 0 Å². The van der Waals surface area contributed by atoms with Crippen LogP contribution in [0.1, 0.15) is 74.9 Å². The molecule has 2 aliphatic rings. The lowest BCUT2D eigenvalue weighted by Crippen LogP contribution is -2.31. The topological polar surface area (TPSA) is 146 Å². The van der Waals surface area contributed by atoms with E-state index in [0.29, 0.717) is 34.9 Å². The lowest BCUT2D eigenvalue weighted by atomic mass is 9.90. The Morgan fingerprint density at radius 3 is 2.21 bits per heavy atom.